The van der Waals surface area contributed by atoms with Crippen LogP contribution in [0.3, 0.4) is 0 Å². The summed E-state index contributed by atoms with van der Waals surface area (Å²) in [4.78, 5) is 0. The fourth-order valence-electron chi connectivity index (χ4n) is 2.43. The third kappa shape index (κ3) is 5.31. The fourth-order valence-corrected chi connectivity index (χ4v) is 2.43. The van der Waals surface area contributed by atoms with Crippen LogP contribution in [0.25, 0.3) is 0 Å². The van der Waals surface area contributed by atoms with Gasteiger partial charge in [0.15, 0.2) is 0 Å². The van der Waals surface area contributed by atoms with Crippen molar-refractivity contribution in [3.8, 4) is 0 Å². The first-order chi connectivity index (χ1) is 7.81. The van der Waals surface area contributed by atoms with E-state index in [0.29, 0.717) is 6.04 Å². The number of hydrogen-bond donors (Lipinski definition) is 1. The maximum atomic E-state index is 5.32. The van der Waals surface area contributed by atoms with Crippen molar-refractivity contribution in [1.29, 1.82) is 0 Å². The Bertz CT molecular complexity index is 168. The molecule has 0 saturated heterocycles. The first-order valence-corrected chi connectivity index (χ1v) is 7.06. The van der Waals surface area contributed by atoms with Crippen molar-refractivity contribution in [2.24, 2.45) is 5.92 Å². The zero-order valence-corrected chi connectivity index (χ0v) is 11.3. The van der Waals surface area contributed by atoms with Crippen molar-refractivity contribution in [3.05, 3.63) is 0 Å². The Labute approximate surface area is 101 Å². The van der Waals surface area contributed by atoms with Crippen molar-refractivity contribution in [3.63, 3.8) is 0 Å². The van der Waals surface area contributed by atoms with Crippen LogP contribution in [0.15, 0.2) is 0 Å². The van der Waals surface area contributed by atoms with Crippen LogP contribution in [0.2, 0.25) is 0 Å². The van der Waals surface area contributed by atoms with Gasteiger partial charge in [-0.1, -0.05) is 33.1 Å². The second-order valence-electron chi connectivity index (χ2n) is 5.19. The third-order valence-corrected chi connectivity index (χ3v) is 3.51. The van der Waals surface area contributed by atoms with Gasteiger partial charge in [0, 0.05) is 19.2 Å². The first-order valence-electron chi connectivity index (χ1n) is 7.06. The summed E-state index contributed by atoms with van der Waals surface area (Å²) in [6, 6.07) is 1.32. The quantitative estimate of drug-likeness (QED) is 0.618. The molecule has 0 aromatic rings. The van der Waals surface area contributed by atoms with E-state index in [1.807, 2.05) is 7.11 Å². The van der Waals surface area contributed by atoms with Gasteiger partial charge in [0.25, 0.3) is 0 Å². The van der Waals surface area contributed by atoms with Crippen LogP contribution in [0.5, 0.6) is 0 Å². The molecule has 1 rings (SSSR count). The Hall–Kier alpha value is -0.0800. The second kappa shape index (κ2) is 8.08. The standard InChI is InChI=1S/C14H29NO/c1-4-6-8-13(11-16-3)15-14(7-5-2)12-9-10-12/h12-15H,4-11H2,1-3H3. The van der Waals surface area contributed by atoms with Gasteiger partial charge in [-0.25, -0.2) is 0 Å². The molecule has 2 nitrogen and oxygen atoms in total. The van der Waals surface area contributed by atoms with Gasteiger partial charge in [-0.15, -0.1) is 0 Å². The lowest BCUT2D eigenvalue weighted by molar-refractivity contribution is 0.151. The van der Waals surface area contributed by atoms with Crippen LogP contribution in [0, 0.1) is 5.92 Å². The molecular weight excluding hydrogens is 198 g/mol. The zero-order chi connectivity index (χ0) is 11.8. The molecule has 1 N–H and O–H groups in total. The van der Waals surface area contributed by atoms with E-state index < -0.39 is 0 Å². The highest BCUT2D eigenvalue weighted by molar-refractivity contribution is 4.88. The van der Waals surface area contributed by atoms with Gasteiger partial charge >= 0.3 is 0 Å². The van der Waals surface area contributed by atoms with E-state index in [1.165, 1.54) is 44.9 Å². The van der Waals surface area contributed by atoms with Gasteiger partial charge in [0.2, 0.25) is 0 Å². The normalized spacial score (nSPS) is 19.7. The largest absolute Gasteiger partial charge is 0.383 e. The smallest absolute Gasteiger partial charge is 0.0615 e. The van der Waals surface area contributed by atoms with Crippen molar-refractivity contribution in [2.45, 2.75) is 70.9 Å². The number of nitrogens with one attached hydrogen (secondary N) is 1. The summed E-state index contributed by atoms with van der Waals surface area (Å²) in [7, 11) is 1.81. The maximum absolute atomic E-state index is 5.32. The molecule has 0 aromatic heterocycles. The van der Waals surface area contributed by atoms with Crippen LogP contribution >= 0.6 is 0 Å². The molecule has 0 aliphatic heterocycles. The molecule has 2 heteroatoms. The van der Waals surface area contributed by atoms with E-state index in [0.717, 1.165) is 18.6 Å². The summed E-state index contributed by atoms with van der Waals surface area (Å²) < 4.78 is 5.32. The summed E-state index contributed by atoms with van der Waals surface area (Å²) in [6.45, 7) is 5.41. The van der Waals surface area contributed by atoms with Crippen molar-refractivity contribution >= 4 is 0 Å². The molecule has 96 valence electrons. The number of hydrogen-bond acceptors (Lipinski definition) is 2. The third-order valence-electron chi connectivity index (χ3n) is 3.51. The number of unbranched alkanes of at least 4 members (excludes halogenated alkanes) is 1. The molecule has 0 bridgehead atoms. The zero-order valence-electron chi connectivity index (χ0n) is 11.3. The molecule has 1 saturated carbocycles. The molecule has 1 fully saturated rings. The van der Waals surface area contributed by atoms with Gasteiger partial charge in [0.05, 0.1) is 6.61 Å². The molecule has 0 spiro atoms. The Kier molecular flexibility index (Phi) is 7.06. The van der Waals surface area contributed by atoms with Gasteiger partial charge in [-0.05, 0) is 31.6 Å². The minimum atomic E-state index is 0.571. The molecule has 0 aromatic carbocycles. The summed E-state index contributed by atoms with van der Waals surface area (Å²) >= 11 is 0. The summed E-state index contributed by atoms with van der Waals surface area (Å²) in [5, 5.41) is 3.83. The van der Waals surface area contributed by atoms with Crippen LogP contribution < -0.4 is 5.32 Å². The molecule has 0 radical (unpaired) electrons. The first kappa shape index (κ1) is 14.0. The highest BCUT2D eigenvalue weighted by atomic mass is 16.5. The number of ether oxygens (including phenoxy) is 1. The van der Waals surface area contributed by atoms with Crippen LogP contribution in [0.4, 0.5) is 0 Å². The topological polar surface area (TPSA) is 21.3 Å². The van der Waals surface area contributed by atoms with E-state index >= 15 is 0 Å². The average molecular weight is 227 g/mol. The number of methoxy groups -OCH3 is 1. The predicted molar refractivity (Wildman–Crippen MR) is 69.7 cm³/mol. The number of rotatable bonds is 10. The lowest BCUT2D eigenvalue weighted by Gasteiger charge is -2.25. The van der Waals surface area contributed by atoms with E-state index in [4.69, 9.17) is 4.74 Å². The Balaban J connectivity index is 2.30. The highest BCUT2D eigenvalue weighted by Gasteiger charge is 2.31. The van der Waals surface area contributed by atoms with Gasteiger partial charge < -0.3 is 10.1 Å². The Morgan fingerprint density at radius 3 is 2.44 bits per heavy atom. The molecule has 16 heavy (non-hydrogen) atoms. The van der Waals surface area contributed by atoms with Crippen molar-refractivity contribution < 1.29 is 4.74 Å². The summed E-state index contributed by atoms with van der Waals surface area (Å²) in [5.74, 6) is 0.959. The van der Waals surface area contributed by atoms with E-state index in [1.54, 1.807) is 0 Å². The van der Waals surface area contributed by atoms with E-state index in [2.05, 4.69) is 19.2 Å². The van der Waals surface area contributed by atoms with Crippen LogP contribution in [-0.2, 0) is 4.74 Å². The fraction of sp³-hybridized carbons (Fsp3) is 1.00. The molecule has 0 amide bonds. The van der Waals surface area contributed by atoms with Crippen LogP contribution in [-0.4, -0.2) is 25.8 Å². The lowest BCUT2D eigenvalue weighted by atomic mass is 10.0. The second-order valence-corrected chi connectivity index (χ2v) is 5.19. The van der Waals surface area contributed by atoms with E-state index in [9.17, 15) is 0 Å². The Morgan fingerprint density at radius 1 is 1.19 bits per heavy atom. The van der Waals surface area contributed by atoms with Crippen molar-refractivity contribution in [2.75, 3.05) is 13.7 Å². The maximum Gasteiger partial charge on any atom is 0.0615 e. The minimum absolute atomic E-state index is 0.571. The summed E-state index contributed by atoms with van der Waals surface area (Å²) in [6.07, 6.45) is 9.35. The average Bonchev–Trinajstić information content (AvgIpc) is 3.09. The Morgan fingerprint density at radius 2 is 1.94 bits per heavy atom. The molecule has 1 aliphatic carbocycles. The monoisotopic (exact) mass is 227 g/mol. The highest BCUT2D eigenvalue weighted by Crippen LogP contribution is 2.34. The van der Waals surface area contributed by atoms with Crippen LogP contribution in [0.1, 0.15) is 58.8 Å². The predicted octanol–water partition coefficient (Wildman–Crippen LogP) is 3.36. The molecule has 0 heterocycles. The van der Waals surface area contributed by atoms with Crippen molar-refractivity contribution in [1.82, 2.24) is 5.32 Å². The van der Waals surface area contributed by atoms with Gasteiger partial charge in [-0.3, -0.25) is 0 Å². The molecule has 2 unspecified atom stereocenters. The van der Waals surface area contributed by atoms with Gasteiger partial charge in [0.1, 0.15) is 0 Å². The molecule has 2 atom stereocenters. The SMILES string of the molecule is CCCCC(COC)NC(CCC)C1CC1. The van der Waals surface area contributed by atoms with Gasteiger partial charge in [-0.2, -0.15) is 0 Å². The minimum Gasteiger partial charge on any atom is -0.383 e. The molecular formula is C14H29NO. The van der Waals surface area contributed by atoms with E-state index in [-0.39, 0.29) is 0 Å². The lowest BCUT2D eigenvalue weighted by Crippen LogP contribution is -2.42. The summed E-state index contributed by atoms with van der Waals surface area (Å²) in [5.41, 5.74) is 0. The molecule has 1 aliphatic rings.